The first-order valence-corrected chi connectivity index (χ1v) is 18.4. The van der Waals surface area contributed by atoms with Gasteiger partial charge in [-0.1, -0.05) is 92.7 Å². The fraction of sp³-hybridized carbons (Fsp3) is 0.170. The minimum absolute atomic E-state index is 0.245. The van der Waals surface area contributed by atoms with Gasteiger partial charge in [0.1, 0.15) is 16.9 Å². The molecule has 1 fully saturated rings. The van der Waals surface area contributed by atoms with Gasteiger partial charge in [0.05, 0.1) is 27.6 Å². The Morgan fingerprint density at radius 2 is 1.21 bits per heavy atom. The lowest BCUT2D eigenvalue weighted by molar-refractivity contribution is 0.224. The second kappa shape index (κ2) is 11.0. The number of hydrogen-bond donors (Lipinski definition) is 0. The fourth-order valence-corrected chi connectivity index (χ4v) is 8.81. The molecule has 1 aliphatic rings. The molecule has 0 saturated heterocycles. The van der Waals surface area contributed by atoms with Crippen LogP contribution >= 0.6 is 0 Å². The van der Waals surface area contributed by atoms with Gasteiger partial charge in [0, 0.05) is 34.7 Å². The highest BCUT2D eigenvalue weighted by atomic mass is 15.1. The molecule has 11 rings (SSSR count). The van der Waals surface area contributed by atoms with E-state index in [0.29, 0.717) is 5.82 Å². The molecule has 1 saturated carbocycles. The van der Waals surface area contributed by atoms with Crippen LogP contribution in [0.25, 0.3) is 88.5 Å². The van der Waals surface area contributed by atoms with Gasteiger partial charge in [-0.15, -0.1) is 0 Å². The Hall–Kier alpha value is -6.07. The molecule has 0 radical (unpaired) electrons. The smallest absolute Gasteiger partial charge is 0.160 e. The van der Waals surface area contributed by atoms with Crippen LogP contribution in [-0.4, -0.2) is 23.9 Å². The number of benzene rings is 5. The van der Waals surface area contributed by atoms with Crippen LogP contribution in [0.4, 0.5) is 0 Å². The van der Waals surface area contributed by atoms with Crippen LogP contribution in [0.3, 0.4) is 0 Å². The summed E-state index contributed by atoms with van der Waals surface area (Å²) in [6.45, 7) is 4.68. The van der Waals surface area contributed by atoms with E-state index in [4.69, 9.17) is 15.0 Å². The van der Waals surface area contributed by atoms with Crippen LogP contribution < -0.4 is 0 Å². The van der Waals surface area contributed by atoms with Gasteiger partial charge in [-0.2, -0.15) is 0 Å². The molecule has 0 unspecified atom stereocenters. The summed E-state index contributed by atoms with van der Waals surface area (Å²) in [6.07, 6.45) is 5.54. The zero-order valence-electron chi connectivity index (χ0n) is 30.3. The van der Waals surface area contributed by atoms with Gasteiger partial charge in [0.2, 0.25) is 0 Å². The topological polar surface area (TPSA) is 48.0 Å². The number of fused-ring (bicyclic) bond motifs is 9. The van der Waals surface area contributed by atoms with E-state index < -0.39 is 5.89 Å². The van der Waals surface area contributed by atoms with Gasteiger partial charge in [0.15, 0.2) is 5.82 Å². The Morgan fingerprint density at radius 3 is 1.90 bits per heavy atom. The minimum Gasteiger partial charge on any atom is -0.305 e. The maximum absolute atomic E-state index is 9.95. The Kier molecular flexibility index (Phi) is 6.03. The molecule has 5 heterocycles. The summed E-state index contributed by atoms with van der Waals surface area (Å²) in [6, 6.07) is 45.2. The lowest BCUT2D eigenvalue weighted by atomic mass is 9.71. The van der Waals surface area contributed by atoms with Crippen LogP contribution in [0.15, 0.2) is 134 Å². The molecule has 5 nitrogen and oxygen atoms in total. The predicted octanol–water partition coefficient (Wildman–Crippen LogP) is 12.1. The third kappa shape index (κ3) is 4.38. The fourth-order valence-electron chi connectivity index (χ4n) is 8.81. The highest BCUT2D eigenvalue weighted by Gasteiger charge is 2.29. The third-order valence-corrected chi connectivity index (χ3v) is 11.6. The molecule has 0 N–H and O–H groups in total. The zero-order valence-corrected chi connectivity index (χ0v) is 29.3. The Morgan fingerprint density at radius 1 is 0.596 bits per heavy atom. The molecule has 52 heavy (non-hydrogen) atoms. The minimum atomic E-state index is -0.698. The van der Waals surface area contributed by atoms with E-state index in [2.05, 4.69) is 138 Å². The highest BCUT2D eigenvalue weighted by Crippen LogP contribution is 2.45. The summed E-state index contributed by atoms with van der Waals surface area (Å²) in [5, 5.41) is 4.63. The molecule has 10 aromatic rings. The number of pyridine rings is 1. The van der Waals surface area contributed by atoms with E-state index in [1.54, 1.807) is 0 Å². The number of rotatable bonds is 4. The number of hydrogen-bond acceptors (Lipinski definition) is 3. The van der Waals surface area contributed by atoms with Crippen LogP contribution in [0, 0.1) is 5.41 Å². The van der Waals surface area contributed by atoms with Crippen molar-refractivity contribution in [1.82, 2.24) is 23.9 Å². The number of para-hydroxylation sites is 3. The zero-order chi connectivity index (χ0) is 35.5. The van der Waals surface area contributed by atoms with Crippen molar-refractivity contribution in [1.29, 1.82) is 0 Å². The first kappa shape index (κ1) is 28.6. The number of aromatic nitrogens is 5. The van der Waals surface area contributed by atoms with Crippen LogP contribution in [0.5, 0.6) is 0 Å². The Labute approximate surface area is 303 Å². The van der Waals surface area contributed by atoms with Gasteiger partial charge in [-0.3, -0.25) is 4.57 Å². The molecule has 0 amide bonds. The molecular formula is C47H37N5. The van der Waals surface area contributed by atoms with Crippen LogP contribution in [0.2, 0.25) is 0 Å². The van der Waals surface area contributed by atoms with Crippen molar-refractivity contribution < 1.29 is 1.37 Å². The van der Waals surface area contributed by atoms with Crippen molar-refractivity contribution in [2.75, 3.05) is 0 Å². The van der Waals surface area contributed by atoms with E-state index in [1.165, 1.54) is 10.8 Å². The van der Waals surface area contributed by atoms with Gasteiger partial charge < -0.3 is 4.40 Å². The van der Waals surface area contributed by atoms with E-state index in [-0.39, 0.29) is 5.41 Å². The van der Waals surface area contributed by atoms with Crippen molar-refractivity contribution in [3.8, 4) is 28.3 Å². The van der Waals surface area contributed by atoms with Crippen molar-refractivity contribution in [3.05, 3.63) is 139 Å². The van der Waals surface area contributed by atoms with E-state index in [0.717, 1.165) is 103 Å². The van der Waals surface area contributed by atoms with Crippen LogP contribution in [-0.2, 0) is 0 Å². The Balaban J connectivity index is 1.17. The third-order valence-electron chi connectivity index (χ3n) is 11.6. The second-order valence-corrected chi connectivity index (χ2v) is 15.3. The van der Waals surface area contributed by atoms with Gasteiger partial charge in [0.25, 0.3) is 0 Å². The molecule has 0 aliphatic heterocycles. The Bertz CT molecular complexity index is 2970. The summed E-state index contributed by atoms with van der Waals surface area (Å²) in [5.74, 6) is 0.884. The first-order valence-electron chi connectivity index (χ1n) is 18.9. The van der Waals surface area contributed by atoms with Crippen molar-refractivity contribution in [2.24, 2.45) is 5.41 Å². The summed E-state index contributed by atoms with van der Waals surface area (Å²) in [7, 11) is 0. The summed E-state index contributed by atoms with van der Waals surface area (Å²) >= 11 is 0. The van der Waals surface area contributed by atoms with E-state index in [9.17, 15) is 1.37 Å². The molecular weight excluding hydrogens is 635 g/mol. The molecule has 0 atom stereocenters. The van der Waals surface area contributed by atoms with Gasteiger partial charge in [-0.25, -0.2) is 15.0 Å². The molecule has 0 spiro atoms. The number of nitrogens with zero attached hydrogens (tertiary/aromatic N) is 5. The average molecular weight is 673 g/mol. The molecule has 5 heteroatoms. The van der Waals surface area contributed by atoms with Crippen molar-refractivity contribution in [2.45, 2.75) is 45.4 Å². The van der Waals surface area contributed by atoms with Crippen molar-refractivity contribution >= 4 is 60.2 Å². The summed E-state index contributed by atoms with van der Waals surface area (Å²) in [5.41, 5.74) is 11.9. The summed E-state index contributed by atoms with van der Waals surface area (Å²) in [4.78, 5) is 15.5. The normalized spacial score (nSPS) is 16.2. The highest BCUT2D eigenvalue weighted by molar-refractivity contribution is 6.21. The predicted molar refractivity (Wildman–Crippen MR) is 215 cm³/mol. The van der Waals surface area contributed by atoms with Crippen molar-refractivity contribution in [3.63, 3.8) is 0 Å². The lowest BCUT2D eigenvalue weighted by Crippen LogP contribution is -2.20. The second-order valence-electron chi connectivity index (χ2n) is 15.3. The van der Waals surface area contributed by atoms with Gasteiger partial charge >= 0.3 is 0 Å². The molecule has 1 aliphatic carbocycles. The molecule has 250 valence electrons. The average Bonchev–Trinajstić information content (AvgIpc) is 3.84. The lowest BCUT2D eigenvalue weighted by Gasteiger charge is -2.34. The SMILES string of the molecule is [2H]C1(c2cc(-c3ccc4c5ccccc5n(-c5ccccn5)c4c3)cc(-c3nc4c5ccccc5n5c6ccccc6c(n3)c45)c2)CCC(C)(C)CC1. The first-order chi connectivity index (χ1) is 25.9. The van der Waals surface area contributed by atoms with Gasteiger partial charge in [-0.05, 0) is 102 Å². The quantitative estimate of drug-likeness (QED) is 0.187. The maximum atomic E-state index is 9.95. The molecule has 0 bridgehead atoms. The summed E-state index contributed by atoms with van der Waals surface area (Å²) < 4.78 is 14.5. The molecule has 5 aromatic carbocycles. The van der Waals surface area contributed by atoms with E-state index >= 15 is 0 Å². The maximum Gasteiger partial charge on any atom is 0.160 e. The standard InChI is InChI=1S/C47H37N5/c1-47(2)22-20-29(21-23-47)31-25-32(30-18-19-35-34-11-3-6-14-38(34)51(41(35)28-30)42-17-9-10-24-48-42)27-33(26-31)46-49-43-36-12-4-7-15-39(36)52-40-16-8-5-13-37(40)44(50-46)45(43)52/h3-19,24-29H,20-23H2,1-2H3/i29D. The van der Waals surface area contributed by atoms with E-state index in [1.807, 2.05) is 18.3 Å². The monoisotopic (exact) mass is 672 g/mol. The van der Waals surface area contributed by atoms with Crippen LogP contribution in [0.1, 0.15) is 52.4 Å². The largest absolute Gasteiger partial charge is 0.305 e. The molecule has 5 aromatic heterocycles.